The van der Waals surface area contributed by atoms with Crippen LogP contribution in [0.15, 0.2) is 6.20 Å². The second-order valence-corrected chi connectivity index (χ2v) is 6.90. The van der Waals surface area contributed by atoms with Crippen molar-refractivity contribution in [3.8, 4) is 0 Å². The van der Waals surface area contributed by atoms with E-state index in [1.54, 1.807) is 20.8 Å². The van der Waals surface area contributed by atoms with E-state index in [-0.39, 0.29) is 22.7 Å². The van der Waals surface area contributed by atoms with Crippen molar-refractivity contribution in [1.82, 2.24) is 9.97 Å². The summed E-state index contributed by atoms with van der Waals surface area (Å²) in [6.07, 6.45) is 1.39. The van der Waals surface area contributed by atoms with Crippen LogP contribution >= 0.6 is 0 Å². The number of carbonyl (C=O) groups excluding carboxylic acids is 2. The summed E-state index contributed by atoms with van der Waals surface area (Å²) in [6, 6.07) is 0. The van der Waals surface area contributed by atoms with Gasteiger partial charge in [-0.1, -0.05) is 41.5 Å². The zero-order chi connectivity index (χ0) is 16.4. The lowest BCUT2D eigenvalue weighted by Gasteiger charge is -2.21. The van der Waals surface area contributed by atoms with Gasteiger partial charge < -0.3 is 10.1 Å². The quantitative estimate of drug-likeness (QED) is 0.847. The third kappa shape index (κ3) is 4.24. The van der Waals surface area contributed by atoms with Gasteiger partial charge in [-0.15, -0.1) is 0 Å². The van der Waals surface area contributed by atoms with Crippen LogP contribution in [0.3, 0.4) is 0 Å². The Hall–Kier alpha value is -1.98. The van der Waals surface area contributed by atoms with Crippen LogP contribution in [-0.2, 0) is 14.9 Å². The predicted octanol–water partition coefficient (Wildman–Crippen LogP) is 2.55. The van der Waals surface area contributed by atoms with Crippen LogP contribution in [0.1, 0.15) is 57.7 Å². The molecule has 0 aromatic carbocycles. The molecule has 0 unspecified atom stereocenters. The summed E-state index contributed by atoms with van der Waals surface area (Å²) < 4.78 is 4.70. The van der Waals surface area contributed by atoms with Gasteiger partial charge >= 0.3 is 5.97 Å². The Balaban J connectivity index is 3.30. The lowest BCUT2D eigenvalue weighted by atomic mass is 9.95. The fraction of sp³-hybridized carbons (Fsp3) is 0.600. The molecule has 6 heteroatoms. The summed E-state index contributed by atoms with van der Waals surface area (Å²) in [5, 5.41) is 2.69. The highest BCUT2D eigenvalue weighted by Gasteiger charge is 2.26. The second-order valence-electron chi connectivity index (χ2n) is 6.90. The molecule has 0 aliphatic rings. The first kappa shape index (κ1) is 17.1. The molecular weight excluding hydrogens is 270 g/mol. The second kappa shape index (κ2) is 5.79. The number of rotatable bonds is 2. The van der Waals surface area contributed by atoms with Crippen molar-refractivity contribution < 1.29 is 14.3 Å². The minimum absolute atomic E-state index is 0.142. The predicted molar refractivity (Wildman–Crippen MR) is 80.2 cm³/mol. The van der Waals surface area contributed by atoms with E-state index in [0.717, 1.165) is 0 Å². The van der Waals surface area contributed by atoms with Crippen molar-refractivity contribution in [2.24, 2.45) is 5.41 Å². The fourth-order valence-corrected chi connectivity index (χ4v) is 1.39. The van der Waals surface area contributed by atoms with E-state index in [4.69, 9.17) is 4.74 Å². The molecule has 116 valence electrons. The molecule has 0 saturated heterocycles. The molecule has 0 bridgehead atoms. The molecule has 21 heavy (non-hydrogen) atoms. The van der Waals surface area contributed by atoms with Gasteiger partial charge in [0.15, 0.2) is 5.82 Å². The number of aromatic nitrogens is 2. The first-order valence-corrected chi connectivity index (χ1v) is 6.74. The molecule has 0 spiro atoms. The van der Waals surface area contributed by atoms with Crippen LogP contribution in [0.2, 0.25) is 0 Å². The lowest BCUT2D eigenvalue weighted by Crippen LogP contribution is -2.30. The summed E-state index contributed by atoms with van der Waals surface area (Å²) in [7, 11) is 1.27. The van der Waals surface area contributed by atoms with E-state index in [2.05, 4.69) is 15.3 Å². The number of carbonyl (C=O) groups is 2. The van der Waals surface area contributed by atoms with Crippen LogP contribution in [0, 0.1) is 5.41 Å². The average molecular weight is 293 g/mol. The first-order valence-electron chi connectivity index (χ1n) is 6.74. The Labute approximate surface area is 125 Å². The minimum atomic E-state index is -0.597. The first-order chi connectivity index (χ1) is 9.46. The monoisotopic (exact) mass is 293 g/mol. The van der Waals surface area contributed by atoms with E-state index in [1.807, 2.05) is 20.8 Å². The number of esters is 1. The maximum absolute atomic E-state index is 12.1. The summed E-state index contributed by atoms with van der Waals surface area (Å²) in [5.74, 6) is -0.0908. The normalized spacial score (nSPS) is 12.0. The number of methoxy groups -OCH3 is 1. The van der Waals surface area contributed by atoms with Crippen molar-refractivity contribution in [2.75, 3.05) is 12.4 Å². The third-order valence-corrected chi connectivity index (χ3v) is 2.78. The molecule has 0 fully saturated rings. The summed E-state index contributed by atoms with van der Waals surface area (Å²) in [4.78, 5) is 32.4. The van der Waals surface area contributed by atoms with E-state index in [0.29, 0.717) is 5.82 Å². The Morgan fingerprint density at radius 3 is 2.14 bits per heavy atom. The standard InChI is InChI=1S/C15H23N3O3/c1-14(2,3)12-16-8-9(11(19)21-7)10(17-12)18-13(20)15(4,5)6/h8H,1-7H3,(H,16,17,18,20). The van der Waals surface area contributed by atoms with Gasteiger partial charge in [0.05, 0.1) is 7.11 Å². The average Bonchev–Trinajstić information content (AvgIpc) is 2.35. The van der Waals surface area contributed by atoms with Crippen LogP contribution in [-0.4, -0.2) is 29.0 Å². The molecular formula is C15H23N3O3. The molecule has 1 amide bonds. The number of nitrogens with one attached hydrogen (secondary N) is 1. The smallest absolute Gasteiger partial charge is 0.343 e. The summed E-state index contributed by atoms with van der Waals surface area (Å²) >= 11 is 0. The van der Waals surface area contributed by atoms with Gasteiger partial charge in [0.25, 0.3) is 0 Å². The maximum atomic E-state index is 12.1. The number of anilines is 1. The maximum Gasteiger partial charge on any atom is 0.343 e. The third-order valence-electron chi connectivity index (χ3n) is 2.78. The molecule has 1 N–H and O–H groups in total. The van der Waals surface area contributed by atoms with Crippen molar-refractivity contribution in [2.45, 2.75) is 47.0 Å². The number of hydrogen-bond donors (Lipinski definition) is 1. The number of ether oxygens (including phenoxy) is 1. The van der Waals surface area contributed by atoms with Gasteiger partial charge in [-0.05, 0) is 0 Å². The highest BCUT2D eigenvalue weighted by atomic mass is 16.5. The van der Waals surface area contributed by atoms with Gasteiger partial charge in [-0.3, -0.25) is 4.79 Å². The highest BCUT2D eigenvalue weighted by Crippen LogP contribution is 2.23. The Kier molecular flexibility index (Phi) is 4.71. The lowest BCUT2D eigenvalue weighted by molar-refractivity contribution is -0.123. The fourth-order valence-electron chi connectivity index (χ4n) is 1.39. The van der Waals surface area contributed by atoms with Crippen molar-refractivity contribution in [3.63, 3.8) is 0 Å². The topological polar surface area (TPSA) is 81.2 Å². The largest absolute Gasteiger partial charge is 0.465 e. The van der Waals surface area contributed by atoms with Gasteiger partial charge in [-0.2, -0.15) is 0 Å². The Bertz CT molecular complexity index is 554. The molecule has 1 aromatic heterocycles. The van der Waals surface area contributed by atoms with E-state index in [1.165, 1.54) is 13.3 Å². The molecule has 1 heterocycles. The molecule has 1 rings (SSSR count). The Morgan fingerprint density at radius 2 is 1.71 bits per heavy atom. The number of nitrogens with zero attached hydrogens (tertiary/aromatic N) is 2. The van der Waals surface area contributed by atoms with Gasteiger partial charge in [0.1, 0.15) is 11.4 Å². The highest BCUT2D eigenvalue weighted by molar-refractivity contribution is 6.01. The van der Waals surface area contributed by atoms with Crippen LogP contribution in [0.4, 0.5) is 5.82 Å². The molecule has 0 aliphatic heterocycles. The molecule has 6 nitrogen and oxygen atoms in total. The van der Waals surface area contributed by atoms with Crippen molar-refractivity contribution in [1.29, 1.82) is 0 Å². The number of hydrogen-bond acceptors (Lipinski definition) is 5. The SMILES string of the molecule is COC(=O)c1cnc(C(C)(C)C)nc1NC(=O)C(C)(C)C. The number of amides is 1. The zero-order valence-corrected chi connectivity index (χ0v) is 13.7. The van der Waals surface area contributed by atoms with E-state index < -0.39 is 11.4 Å². The van der Waals surface area contributed by atoms with Crippen molar-refractivity contribution >= 4 is 17.7 Å². The van der Waals surface area contributed by atoms with Crippen LogP contribution in [0.5, 0.6) is 0 Å². The Morgan fingerprint density at radius 1 is 1.14 bits per heavy atom. The summed E-state index contributed by atoms with van der Waals surface area (Å²) in [6.45, 7) is 11.2. The molecule has 0 radical (unpaired) electrons. The van der Waals surface area contributed by atoms with Crippen LogP contribution in [0.25, 0.3) is 0 Å². The van der Waals surface area contributed by atoms with Gasteiger partial charge in [-0.25, -0.2) is 14.8 Å². The minimum Gasteiger partial charge on any atom is -0.465 e. The zero-order valence-electron chi connectivity index (χ0n) is 13.7. The molecule has 0 aliphatic carbocycles. The van der Waals surface area contributed by atoms with Gasteiger partial charge in [0.2, 0.25) is 5.91 Å². The van der Waals surface area contributed by atoms with Crippen molar-refractivity contribution in [3.05, 3.63) is 17.6 Å². The van der Waals surface area contributed by atoms with Crippen LogP contribution < -0.4 is 5.32 Å². The van der Waals surface area contributed by atoms with E-state index >= 15 is 0 Å². The molecule has 0 atom stereocenters. The molecule has 0 saturated carbocycles. The van der Waals surface area contributed by atoms with Gasteiger partial charge in [0, 0.05) is 17.0 Å². The molecule has 1 aromatic rings. The van der Waals surface area contributed by atoms with E-state index in [9.17, 15) is 9.59 Å². The summed E-state index contributed by atoms with van der Waals surface area (Å²) in [5.41, 5.74) is -0.751.